The van der Waals surface area contributed by atoms with Gasteiger partial charge in [0.25, 0.3) is 0 Å². The number of carbonyl (C=O) groups excluding carboxylic acids is 2. The van der Waals surface area contributed by atoms with E-state index in [1.54, 1.807) is 0 Å². The molecule has 38 heavy (non-hydrogen) atoms. The van der Waals surface area contributed by atoms with E-state index >= 15 is 0 Å². The SMILES string of the molecule is CC1(C(=O)/C=C(\O)c2ccccc2)CCCCC1.CC1(C(=O)/C=C(\O)c2ccccc2)CCCCC1.[O]=[Ti]. The minimum absolute atomic E-state index is 0.0588. The van der Waals surface area contributed by atoms with E-state index in [4.69, 9.17) is 3.32 Å². The summed E-state index contributed by atoms with van der Waals surface area (Å²) in [6.07, 6.45) is 13.4. The van der Waals surface area contributed by atoms with Crippen molar-refractivity contribution >= 4 is 23.1 Å². The van der Waals surface area contributed by atoms with Crippen LogP contribution in [0.1, 0.15) is 89.2 Å². The quantitative estimate of drug-likeness (QED) is 0.215. The summed E-state index contributed by atoms with van der Waals surface area (Å²) in [7, 11) is 0. The first kappa shape index (κ1) is 31.6. The van der Waals surface area contributed by atoms with E-state index in [1.807, 2.05) is 74.5 Å². The zero-order valence-electron chi connectivity index (χ0n) is 22.6. The molecule has 202 valence electrons. The summed E-state index contributed by atoms with van der Waals surface area (Å²) in [5, 5.41) is 20.0. The summed E-state index contributed by atoms with van der Waals surface area (Å²) in [6, 6.07) is 18.4. The van der Waals surface area contributed by atoms with Crippen molar-refractivity contribution in [3.8, 4) is 0 Å². The van der Waals surface area contributed by atoms with E-state index in [9.17, 15) is 19.8 Å². The van der Waals surface area contributed by atoms with Gasteiger partial charge in [-0.25, -0.2) is 0 Å². The number of ketones is 2. The molecule has 0 amide bonds. The molecule has 4 rings (SSSR count). The predicted molar refractivity (Wildman–Crippen MR) is 147 cm³/mol. The summed E-state index contributed by atoms with van der Waals surface area (Å²) in [5.74, 6) is 0.270. The molecule has 0 unspecified atom stereocenters. The van der Waals surface area contributed by atoms with Crippen LogP contribution in [-0.4, -0.2) is 21.8 Å². The molecule has 2 aliphatic rings. The Kier molecular flexibility index (Phi) is 13.1. The van der Waals surface area contributed by atoms with Crippen LogP contribution >= 0.6 is 0 Å². The van der Waals surface area contributed by atoms with Crippen molar-refractivity contribution in [2.45, 2.75) is 78.1 Å². The van der Waals surface area contributed by atoms with E-state index < -0.39 is 0 Å². The van der Waals surface area contributed by atoms with Gasteiger partial charge in [0.05, 0.1) is 0 Å². The van der Waals surface area contributed by atoms with Crippen molar-refractivity contribution in [2.75, 3.05) is 0 Å². The number of rotatable bonds is 6. The van der Waals surface area contributed by atoms with Gasteiger partial charge in [-0.15, -0.1) is 0 Å². The standard InChI is InChI=1S/2C16H20O2.O.Ti/c2*1-16(10-6-3-7-11-16)15(18)12-14(17)13-8-4-2-5-9-13;;/h2*2,4-5,8-9,12,17H,3,6-7,10-11H2,1H3;;/b2*14-12-;;. The first-order valence-corrected chi connectivity index (χ1v) is 14.1. The molecule has 2 aromatic carbocycles. The number of aliphatic hydroxyl groups excluding tert-OH is 2. The van der Waals surface area contributed by atoms with Crippen molar-refractivity contribution in [1.82, 2.24) is 0 Å². The molecule has 0 atom stereocenters. The molecule has 0 radical (unpaired) electrons. The van der Waals surface area contributed by atoms with Gasteiger partial charge >= 0.3 is 23.7 Å². The molecular weight excluding hydrogens is 512 g/mol. The van der Waals surface area contributed by atoms with Crippen LogP contribution in [0.3, 0.4) is 0 Å². The Bertz CT molecular complexity index is 992. The maximum absolute atomic E-state index is 12.3. The Balaban J connectivity index is 0.000000251. The van der Waals surface area contributed by atoms with Crippen LogP contribution in [0, 0.1) is 10.8 Å². The van der Waals surface area contributed by atoms with Crippen molar-refractivity contribution in [1.29, 1.82) is 0 Å². The third-order valence-corrected chi connectivity index (χ3v) is 7.78. The second kappa shape index (κ2) is 15.7. The zero-order chi connectivity index (χ0) is 28.0. The van der Waals surface area contributed by atoms with Gasteiger partial charge in [-0.2, -0.15) is 0 Å². The molecule has 0 heterocycles. The molecular formula is C32H40O5Ti. The number of hydrogen-bond acceptors (Lipinski definition) is 5. The molecule has 6 heteroatoms. The molecule has 0 spiro atoms. The van der Waals surface area contributed by atoms with Crippen molar-refractivity contribution in [3.05, 3.63) is 83.9 Å². The Morgan fingerprint density at radius 1 is 0.605 bits per heavy atom. The average molecular weight is 553 g/mol. The fourth-order valence-corrected chi connectivity index (χ4v) is 5.14. The van der Waals surface area contributed by atoms with E-state index in [-0.39, 0.29) is 33.9 Å². The van der Waals surface area contributed by atoms with Crippen molar-refractivity contribution in [2.24, 2.45) is 10.8 Å². The van der Waals surface area contributed by atoms with E-state index in [1.165, 1.54) is 25.0 Å². The van der Waals surface area contributed by atoms with Gasteiger partial charge in [0, 0.05) is 34.1 Å². The number of allylic oxidation sites excluding steroid dienone is 2. The maximum atomic E-state index is 12.3. The number of hydrogen-bond donors (Lipinski definition) is 2. The average Bonchev–Trinajstić information content (AvgIpc) is 2.96. The molecule has 2 N–H and O–H groups in total. The van der Waals surface area contributed by atoms with Gasteiger partial charge in [-0.05, 0) is 25.7 Å². The van der Waals surface area contributed by atoms with Crippen LogP contribution in [0.5, 0.6) is 0 Å². The second-order valence-corrected chi connectivity index (χ2v) is 10.8. The zero-order valence-corrected chi connectivity index (χ0v) is 24.2. The summed E-state index contributed by atoms with van der Waals surface area (Å²) < 4.78 is 8.25. The summed E-state index contributed by atoms with van der Waals surface area (Å²) >= 11 is 0.750. The van der Waals surface area contributed by atoms with E-state index in [0.717, 1.165) is 71.8 Å². The second-order valence-electron chi connectivity index (χ2n) is 10.8. The van der Waals surface area contributed by atoms with Crippen LogP contribution < -0.4 is 0 Å². The van der Waals surface area contributed by atoms with Gasteiger partial charge in [-0.1, -0.05) is 113 Å². The van der Waals surface area contributed by atoms with Crippen LogP contribution in [0.2, 0.25) is 0 Å². The van der Waals surface area contributed by atoms with E-state index in [0.29, 0.717) is 11.1 Å². The molecule has 5 nitrogen and oxygen atoms in total. The molecule has 0 aliphatic heterocycles. The summed E-state index contributed by atoms with van der Waals surface area (Å²) in [4.78, 5) is 24.5. The number of aliphatic hydroxyl groups is 2. The van der Waals surface area contributed by atoms with Crippen LogP contribution in [0.25, 0.3) is 11.5 Å². The Morgan fingerprint density at radius 3 is 1.18 bits per heavy atom. The molecule has 0 saturated heterocycles. The summed E-state index contributed by atoms with van der Waals surface area (Å²) in [6.45, 7) is 4.03. The fraction of sp³-hybridized carbons (Fsp3) is 0.438. The monoisotopic (exact) mass is 552 g/mol. The first-order chi connectivity index (χ1) is 18.2. The Labute approximate surface area is 238 Å². The van der Waals surface area contributed by atoms with Crippen molar-refractivity contribution < 1.29 is 43.5 Å². The number of benzene rings is 2. The van der Waals surface area contributed by atoms with Gasteiger partial charge in [0.1, 0.15) is 11.5 Å². The first-order valence-electron chi connectivity index (χ1n) is 13.4. The molecule has 2 saturated carbocycles. The summed E-state index contributed by atoms with van der Waals surface area (Å²) in [5.41, 5.74) is 0.845. The Morgan fingerprint density at radius 2 is 0.895 bits per heavy atom. The fourth-order valence-electron chi connectivity index (χ4n) is 5.14. The molecule has 2 fully saturated rings. The van der Waals surface area contributed by atoms with Crippen molar-refractivity contribution in [3.63, 3.8) is 0 Å². The van der Waals surface area contributed by atoms with Gasteiger partial charge in [-0.3, -0.25) is 9.59 Å². The van der Waals surface area contributed by atoms with E-state index in [2.05, 4.69) is 0 Å². The van der Waals surface area contributed by atoms with Gasteiger partial charge in [0.2, 0.25) is 0 Å². The molecule has 2 aromatic rings. The van der Waals surface area contributed by atoms with Gasteiger partial charge in [0.15, 0.2) is 11.6 Å². The molecule has 2 aliphatic carbocycles. The third kappa shape index (κ3) is 9.29. The third-order valence-electron chi connectivity index (χ3n) is 7.78. The topological polar surface area (TPSA) is 91.7 Å². The van der Waals surface area contributed by atoms with Gasteiger partial charge < -0.3 is 10.2 Å². The predicted octanol–water partition coefficient (Wildman–Crippen LogP) is 8.13. The van der Waals surface area contributed by atoms with Crippen LogP contribution in [0.15, 0.2) is 72.8 Å². The minimum atomic E-state index is -0.277. The normalized spacial score (nSPS) is 18.6. The molecule has 0 bridgehead atoms. The Hall–Kier alpha value is -2.63. The van der Waals surface area contributed by atoms with Crippen LogP contribution in [-0.2, 0) is 33.3 Å². The number of carbonyl (C=O) groups is 2. The van der Waals surface area contributed by atoms with Crippen LogP contribution in [0.4, 0.5) is 0 Å². The molecule has 0 aromatic heterocycles.